The van der Waals surface area contributed by atoms with Crippen molar-refractivity contribution < 1.29 is 9.90 Å². The van der Waals surface area contributed by atoms with Gasteiger partial charge in [0.2, 0.25) is 0 Å². The largest absolute Gasteiger partial charge is 0.476 e. The molecule has 4 nitrogen and oxygen atoms in total. The molecule has 0 aliphatic carbocycles. The lowest BCUT2D eigenvalue weighted by molar-refractivity contribution is 0.0689. The van der Waals surface area contributed by atoms with Crippen LogP contribution in [0.3, 0.4) is 0 Å². The summed E-state index contributed by atoms with van der Waals surface area (Å²) < 4.78 is 1.65. The van der Waals surface area contributed by atoms with Crippen molar-refractivity contribution in [2.45, 2.75) is 19.9 Å². The monoisotopic (exact) mass is 180 g/mol. The van der Waals surface area contributed by atoms with Gasteiger partial charge in [-0.3, -0.25) is 4.68 Å². The molecule has 0 bridgehead atoms. The van der Waals surface area contributed by atoms with E-state index in [9.17, 15) is 4.79 Å². The van der Waals surface area contributed by atoms with Gasteiger partial charge >= 0.3 is 5.97 Å². The van der Waals surface area contributed by atoms with Crippen molar-refractivity contribution in [3.63, 3.8) is 0 Å². The summed E-state index contributed by atoms with van der Waals surface area (Å²) in [5.41, 5.74) is 1.01. The maximum absolute atomic E-state index is 10.6. The first kappa shape index (κ1) is 9.51. The minimum Gasteiger partial charge on any atom is -0.476 e. The molecule has 1 aromatic heterocycles. The third-order valence-corrected chi connectivity index (χ3v) is 1.75. The summed E-state index contributed by atoms with van der Waals surface area (Å²) in [5, 5.41) is 12.6. The summed E-state index contributed by atoms with van der Waals surface area (Å²) in [4.78, 5) is 10.6. The number of aromatic carboxylic acids is 1. The van der Waals surface area contributed by atoms with Gasteiger partial charge in [0, 0.05) is 5.69 Å². The van der Waals surface area contributed by atoms with Crippen LogP contribution >= 0.6 is 0 Å². The molecule has 0 radical (unpaired) electrons. The number of hydrogen-bond acceptors (Lipinski definition) is 2. The Bertz CT molecular complexity index is 328. The van der Waals surface area contributed by atoms with Crippen molar-refractivity contribution in [2.24, 2.45) is 0 Å². The first-order valence-corrected chi connectivity index (χ1v) is 4.10. The molecule has 4 heteroatoms. The van der Waals surface area contributed by atoms with Crippen molar-refractivity contribution in [1.82, 2.24) is 9.78 Å². The predicted molar refractivity (Wildman–Crippen MR) is 48.8 cm³/mol. The number of aromatic nitrogens is 2. The number of hydrogen-bond donors (Lipinski definition) is 1. The Kier molecular flexibility index (Phi) is 2.84. The Morgan fingerprint density at radius 3 is 3.00 bits per heavy atom. The first-order chi connectivity index (χ1) is 6.19. The van der Waals surface area contributed by atoms with Crippen molar-refractivity contribution >= 4 is 5.97 Å². The number of carboxylic acids is 1. The third-order valence-electron chi connectivity index (χ3n) is 1.75. The van der Waals surface area contributed by atoms with E-state index in [0.29, 0.717) is 6.54 Å². The van der Waals surface area contributed by atoms with E-state index in [4.69, 9.17) is 5.11 Å². The zero-order valence-electron chi connectivity index (χ0n) is 7.53. The molecule has 1 N–H and O–H groups in total. The van der Waals surface area contributed by atoms with Crippen LogP contribution < -0.4 is 0 Å². The molecule has 0 fully saturated rings. The fourth-order valence-corrected chi connectivity index (χ4v) is 1.12. The Balaban J connectivity index is 3.03. The van der Waals surface area contributed by atoms with Crippen molar-refractivity contribution in [3.8, 4) is 0 Å². The average Bonchev–Trinajstić information content (AvgIpc) is 2.48. The summed E-state index contributed by atoms with van der Waals surface area (Å²) in [6.45, 7) is 6.09. The normalized spacial score (nSPS) is 9.92. The van der Waals surface area contributed by atoms with Crippen LogP contribution in [0, 0.1) is 0 Å². The molecule has 0 saturated heterocycles. The molecule has 0 aliphatic rings. The predicted octanol–water partition coefficient (Wildman–Crippen LogP) is 1.33. The van der Waals surface area contributed by atoms with E-state index in [1.165, 1.54) is 0 Å². The van der Waals surface area contributed by atoms with E-state index in [1.807, 2.05) is 6.92 Å². The second-order valence-electron chi connectivity index (χ2n) is 2.65. The van der Waals surface area contributed by atoms with Crippen LogP contribution in [0.1, 0.15) is 23.1 Å². The van der Waals surface area contributed by atoms with Crippen LogP contribution in [0.4, 0.5) is 0 Å². The number of aryl methyl sites for hydroxylation is 1. The van der Waals surface area contributed by atoms with E-state index >= 15 is 0 Å². The lowest BCUT2D eigenvalue weighted by Gasteiger charge is -1.99. The Hall–Kier alpha value is -1.58. The van der Waals surface area contributed by atoms with Gasteiger partial charge < -0.3 is 5.11 Å². The summed E-state index contributed by atoms with van der Waals surface area (Å²) in [5.74, 6) is -0.988. The molecule has 0 amide bonds. The number of carboxylic acid groups (broad SMARTS) is 1. The maximum atomic E-state index is 10.6. The molecule has 0 aliphatic heterocycles. The quantitative estimate of drug-likeness (QED) is 0.711. The standard InChI is InChI=1S/C9H12N2O2/c1-3-5-11-7(4-2)6-8(10-11)9(12)13/h3,6H,1,4-5H2,2H3,(H,12,13). The molecule has 0 spiro atoms. The summed E-state index contributed by atoms with van der Waals surface area (Å²) in [6, 6.07) is 1.59. The van der Waals surface area contributed by atoms with Gasteiger partial charge in [0.05, 0.1) is 6.54 Å². The Morgan fingerprint density at radius 2 is 2.54 bits per heavy atom. The van der Waals surface area contributed by atoms with Crippen LogP contribution in [0.25, 0.3) is 0 Å². The van der Waals surface area contributed by atoms with E-state index < -0.39 is 5.97 Å². The molecule has 0 atom stereocenters. The smallest absolute Gasteiger partial charge is 0.356 e. The summed E-state index contributed by atoms with van der Waals surface area (Å²) in [6.07, 6.45) is 2.46. The molecule has 0 saturated carbocycles. The van der Waals surface area contributed by atoms with Gasteiger partial charge in [-0.05, 0) is 12.5 Å². The number of rotatable bonds is 4. The van der Waals surface area contributed by atoms with Gasteiger partial charge in [-0.1, -0.05) is 13.0 Å². The molecule has 0 aromatic carbocycles. The van der Waals surface area contributed by atoms with Crippen LogP contribution in [-0.2, 0) is 13.0 Å². The van der Waals surface area contributed by atoms with Crippen molar-refractivity contribution in [1.29, 1.82) is 0 Å². The second kappa shape index (κ2) is 3.89. The molecule has 0 unspecified atom stereocenters. The Morgan fingerprint density at radius 1 is 1.85 bits per heavy atom. The minimum atomic E-state index is -0.988. The highest BCUT2D eigenvalue weighted by Gasteiger charge is 2.10. The zero-order chi connectivity index (χ0) is 9.84. The highest BCUT2D eigenvalue weighted by molar-refractivity contribution is 5.85. The lowest BCUT2D eigenvalue weighted by atomic mass is 10.3. The fourth-order valence-electron chi connectivity index (χ4n) is 1.12. The second-order valence-corrected chi connectivity index (χ2v) is 2.65. The molecule has 70 valence electrons. The van der Waals surface area contributed by atoms with E-state index in [-0.39, 0.29) is 5.69 Å². The van der Waals surface area contributed by atoms with Gasteiger partial charge in [0.25, 0.3) is 0 Å². The van der Waals surface area contributed by atoms with Crippen LogP contribution in [0.2, 0.25) is 0 Å². The van der Waals surface area contributed by atoms with Crippen LogP contribution in [-0.4, -0.2) is 20.9 Å². The first-order valence-electron chi connectivity index (χ1n) is 4.10. The summed E-state index contributed by atoms with van der Waals surface area (Å²) >= 11 is 0. The minimum absolute atomic E-state index is 0.0960. The van der Waals surface area contributed by atoms with Gasteiger partial charge in [0.15, 0.2) is 5.69 Å². The maximum Gasteiger partial charge on any atom is 0.356 e. The van der Waals surface area contributed by atoms with Crippen LogP contribution in [0.5, 0.6) is 0 Å². The van der Waals surface area contributed by atoms with Gasteiger partial charge in [0.1, 0.15) is 0 Å². The van der Waals surface area contributed by atoms with E-state index in [2.05, 4.69) is 11.7 Å². The highest BCUT2D eigenvalue weighted by atomic mass is 16.4. The van der Waals surface area contributed by atoms with Gasteiger partial charge in [-0.15, -0.1) is 6.58 Å². The van der Waals surface area contributed by atoms with Gasteiger partial charge in [-0.2, -0.15) is 5.10 Å². The molecule has 1 aromatic rings. The fraction of sp³-hybridized carbons (Fsp3) is 0.333. The molecule has 1 rings (SSSR count). The van der Waals surface area contributed by atoms with Crippen molar-refractivity contribution in [2.75, 3.05) is 0 Å². The summed E-state index contributed by atoms with van der Waals surface area (Å²) in [7, 11) is 0. The number of nitrogens with zero attached hydrogens (tertiary/aromatic N) is 2. The third kappa shape index (κ3) is 1.96. The zero-order valence-corrected chi connectivity index (χ0v) is 7.53. The van der Waals surface area contributed by atoms with Crippen LogP contribution in [0.15, 0.2) is 18.7 Å². The van der Waals surface area contributed by atoms with E-state index in [1.54, 1.807) is 16.8 Å². The average molecular weight is 180 g/mol. The molecular formula is C9H12N2O2. The molecule has 13 heavy (non-hydrogen) atoms. The lowest BCUT2D eigenvalue weighted by Crippen LogP contribution is -2.04. The van der Waals surface area contributed by atoms with E-state index in [0.717, 1.165) is 12.1 Å². The highest BCUT2D eigenvalue weighted by Crippen LogP contribution is 2.05. The van der Waals surface area contributed by atoms with Crippen molar-refractivity contribution in [3.05, 3.63) is 30.1 Å². The van der Waals surface area contributed by atoms with Gasteiger partial charge in [-0.25, -0.2) is 4.79 Å². The Labute approximate surface area is 76.5 Å². The SMILES string of the molecule is C=CCn1nc(C(=O)O)cc1CC. The number of allylic oxidation sites excluding steroid dienone is 1. The molecule has 1 heterocycles. The molecular weight excluding hydrogens is 168 g/mol. The topological polar surface area (TPSA) is 55.1 Å². The number of carbonyl (C=O) groups is 1.